The molecule has 0 saturated heterocycles. The molecule has 1 atom stereocenters. The Morgan fingerprint density at radius 2 is 2.20 bits per heavy atom. The van der Waals surface area contributed by atoms with E-state index in [1.54, 1.807) is 16.8 Å². The van der Waals surface area contributed by atoms with Gasteiger partial charge in [0.2, 0.25) is 0 Å². The summed E-state index contributed by atoms with van der Waals surface area (Å²) >= 11 is 3.42. The molecule has 6 nitrogen and oxygen atoms in total. The van der Waals surface area contributed by atoms with Crippen molar-refractivity contribution >= 4 is 21.6 Å². The van der Waals surface area contributed by atoms with E-state index in [4.69, 9.17) is 0 Å². The first kappa shape index (κ1) is 14.7. The van der Waals surface area contributed by atoms with Crippen molar-refractivity contribution in [3.63, 3.8) is 0 Å². The summed E-state index contributed by atoms with van der Waals surface area (Å²) in [4.78, 5) is 10.3. The van der Waals surface area contributed by atoms with Crippen LogP contribution in [0.25, 0.3) is 0 Å². The second kappa shape index (κ2) is 5.72. The molecule has 20 heavy (non-hydrogen) atoms. The molecule has 1 N–H and O–H groups in total. The quantitative estimate of drug-likeness (QED) is 0.685. The van der Waals surface area contributed by atoms with Crippen LogP contribution in [0.4, 0.5) is 5.69 Å². The molecule has 1 aromatic heterocycles. The number of hydrogen-bond acceptors (Lipinski definition) is 4. The van der Waals surface area contributed by atoms with Crippen molar-refractivity contribution in [2.24, 2.45) is 0 Å². The summed E-state index contributed by atoms with van der Waals surface area (Å²) in [6, 6.07) is 6.01. The number of nitro benzene ring substituents is 1. The van der Waals surface area contributed by atoms with Crippen LogP contribution in [0.3, 0.4) is 0 Å². The first-order chi connectivity index (χ1) is 9.40. The molecule has 0 fully saturated rings. The van der Waals surface area contributed by atoms with Crippen LogP contribution < -0.4 is 0 Å². The van der Waals surface area contributed by atoms with Crippen molar-refractivity contribution in [1.29, 1.82) is 0 Å². The molecule has 0 aliphatic carbocycles. The number of benzene rings is 1. The third-order valence-corrected chi connectivity index (χ3v) is 4.25. The molecule has 1 unspecified atom stereocenters. The molecule has 1 heterocycles. The monoisotopic (exact) mass is 339 g/mol. The van der Waals surface area contributed by atoms with E-state index in [2.05, 4.69) is 21.0 Å². The molecule has 2 rings (SSSR count). The average molecular weight is 340 g/mol. The normalized spacial score (nSPS) is 12.4. The Morgan fingerprint density at radius 3 is 2.75 bits per heavy atom. The summed E-state index contributed by atoms with van der Waals surface area (Å²) in [5, 5.41) is 25.3. The third-order valence-electron chi connectivity index (χ3n) is 3.10. The summed E-state index contributed by atoms with van der Waals surface area (Å²) in [7, 11) is 0. The Hall–Kier alpha value is -1.73. The number of halogens is 1. The Bertz CT molecular complexity index is 654. The van der Waals surface area contributed by atoms with E-state index in [9.17, 15) is 15.2 Å². The molecule has 0 spiro atoms. The van der Waals surface area contributed by atoms with Crippen LogP contribution in [0.15, 0.2) is 28.7 Å². The van der Waals surface area contributed by atoms with Crippen LogP contribution in [-0.2, 0) is 6.54 Å². The van der Waals surface area contributed by atoms with Gasteiger partial charge in [-0.25, -0.2) is 0 Å². The third kappa shape index (κ3) is 2.88. The van der Waals surface area contributed by atoms with E-state index >= 15 is 0 Å². The van der Waals surface area contributed by atoms with E-state index < -0.39 is 11.0 Å². The lowest BCUT2D eigenvalue weighted by Gasteiger charge is -2.12. The number of non-ortho nitro benzene ring substituents is 1. The van der Waals surface area contributed by atoms with E-state index in [1.165, 1.54) is 12.1 Å². The molecule has 1 aromatic carbocycles. The Labute approximate surface area is 124 Å². The molecular formula is C13H14BrN3O3. The van der Waals surface area contributed by atoms with Crippen LogP contribution in [0.1, 0.15) is 23.1 Å². The van der Waals surface area contributed by atoms with Crippen molar-refractivity contribution in [2.45, 2.75) is 26.5 Å². The van der Waals surface area contributed by atoms with Crippen molar-refractivity contribution in [1.82, 2.24) is 9.78 Å². The Balaban J connectivity index is 2.23. The summed E-state index contributed by atoms with van der Waals surface area (Å²) in [5.41, 5.74) is 2.22. The van der Waals surface area contributed by atoms with E-state index in [0.29, 0.717) is 5.56 Å². The summed E-state index contributed by atoms with van der Waals surface area (Å²) < 4.78 is 2.59. The van der Waals surface area contributed by atoms with Crippen LogP contribution >= 0.6 is 15.9 Å². The van der Waals surface area contributed by atoms with Crippen molar-refractivity contribution in [3.05, 3.63) is 55.8 Å². The molecule has 0 radical (unpaired) electrons. The smallest absolute Gasteiger partial charge is 0.269 e. The minimum absolute atomic E-state index is 0.0314. The fourth-order valence-corrected chi connectivity index (χ4v) is 2.25. The molecular weight excluding hydrogens is 326 g/mol. The molecule has 7 heteroatoms. The van der Waals surface area contributed by atoms with Gasteiger partial charge in [-0.05, 0) is 35.3 Å². The number of aryl methyl sites for hydroxylation is 1. The highest BCUT2D eigenvalue weighted by Crippen LogP contribution is 2.24. The fraction of sp³-hybridized carbons (Fsp3) is 0.308. The first-order valence-corrected chi connectivity index (χ1v) is 6.81. The van der Waals surface area contributed by atoms with Crippen molar-refractivity contribution in [2.75, 3.05) is 0 Å². The SMILES string of the molecule is Cc1nn(CC(O)c2cccc([N+](=O)[O-])c2)c(C)c1Br. The van der Waals surface area contributed by atoms with Crippen LogP contribution in [0.2, 0.25) is 0 Å². The predicted molar refractivity (Wildman–Crippen MR) is 77.5 cm³/mol. The highest BCUT2D eigenvalue weighted by atomic mass is 79.9. The second-order valence-electron chi connectivity index (χ2n) is 4.53. The van der Waals surface area contributed by atoms with Gasteiger partial charge >= 0.3 is 0 Å². The topological polar surface area (TPSA) is 81.2 Å². The highest BCUT2D eigenvalue weighted by Gasteiger charge is 2.16. The minimum Gasteiger partial charge on any atom is -0.386 e. The van der Waals surface area contributed by atoms with Gasteiger partial charge in [-0.3, -0.25) is 14.8 Å². The fourth-order valence-electron chi connectivity index (χ4n) is 1.97. The van der Waals surface area contributed by atoms with E-state index in [-0.39, 0.29) is 12.2 Å². The van der Waals surface area contributed by atoms with Gasteiger partial charge in [0.1, 0.15) is 0 Å². The maximum absolute atomic E-state index is 10.7. The summed E-state index contributed by atoms with van der Waals surface area (Å²) in [6.45, 7) is 4.01. The van der Waals surface area contributed by atoms with Crippen molar-refractivity contribution < 1.29 is 10.0 Å². The van der Waals surface area contributed by atoms with E-state index in [0.717, 1.165) is 15.9 Å². The molecule has 0 bridgehead atoms. The molecule has 0 aliphatic rings. The number of aromatic nitrogens is 2. The van der Waals surface area contributed by atoms with Crippen LogP contribution in [0, 0.1) is 24.0 Å². The predicted octanol–water partition coefficient (Wildman–Crippen LogP) is 2.90. The lowest BCUT2D eigenvalue weighted by Crippen LogP contribution is -2.11. The van der Waals surface area contributed by atoms with E-state index in [1.807, 2.05) is 13.8 Å². The summed E-state index contributed by atoms with van der Waals surface area (Å²) in [6.07, 6.45) is -0.847. The number of hydrogen-bond donors (Lipinski definition) is 1. The molecule has 0 amide bonds. The number of nitrogens with zero attached hydrogens (tertiary/aromatic N) is 3. The standard InChI is InChI=1S/C13H14BrN3O3/c1-8-13(14)9(2)16(15-8)7-12(18)10-4-3-5-11(6-10)17(19)20/h3-6,12,18H,7H2,1-2H3. The van der Waals surface area contributed by atoms with Gasteiger partial charge in [-0.15, -0.1) is 0 Å². The zero-order valence-corrected chi connectivity index (χ0v) is 12.7. The number of rotatable bonds is 4. The van der Waals surface area contributed by atoms with Gasteiger partial charge in [-0.2, -0.15) is 5.10 Å². The largest absolute Gasteiger partial charge is 0.386 e. The van der Waals surface area contributed by atoms with Gasteiger partial charge in [0, 0.05) is 17.8 Å². The van der Waals surface area contributed by atoms with Gasteiger partial charge in [0.25, 0.3) is 5.69 Å². The molecule has 2 aromatic rings. The minimum atomic E-state index is -0.847. The zero-order valence-electron chi connectivity index (χ0n) is 11.1. The maximum Gasteiger partial charge on any atom is 0.269 e. The summed E-state index contributed by atoms with van der Waals surface area (Å²) in [5.74, 6) is 0. The van der Waals surface area contributed by atoms with Crippen LogP contribution in [-0.4, -0.2) is 19.8 Å². The van der Waals surface area contributed by atoms with Gasteiger partial charge in [-0.1, -0.05) is 12.1 Å². The van der Waals surface area contributed by atoms with Crippen LogP contribution in [0.5, 0.6) is 0 Å². The molecule has 0 saturated carbocycles. The van der Waals surface area contributed by atoms with Crippen molar-refractivity contribution in [3.8, 4) is 0 Å². The molecule has 0 aliphatic heterocycles. The number of nitro groups is 1. The maximum atomic E-state index is 10.7. The number of aliphatic hydroxyl groups excluding tert-OH is 1. The lowest BCUT2D eigenvalue weighted by atomic mass is 10.1. The Morgan fingerprint density at radius 1 is 1.50 bits per heavy atom. The van der Waals surface area contributed by atoms with Gasteiger partial charge < -0.3 is 5.11 Å². The Kier molecular flexibility index (Phi) is 4.20. The zero-order chi connectivity index (χ0) is 14.9. The molecule has 106 valence electrons. The highest BCUT2D eigenvalue weighted by molar-refractivity contribution is 9.10. The lowest BCUT2D eigenvalue weighted by molar-refractivity contribution is -0.385. The average Bonchev–Trinajstić information content (AvgIpc) is 2.66. The van der Waals surface area contributed by atoms with Gasteiger partial charge in [0.15, 0.2) is 0 Å². The second-order valence-corrected chi connectivity index (χ2v) is 5.33. The first-order valence-electron chi connectivity index (χ1n) is 6.02. The van der Waals surface area contributed by atoms with Gasteiger partial charge in [0.05, 0.1) is 27.7 Å². The number of aliphatic hydroxyl groups is 1.